The molecule has 0 unspecified atom stereocenters. The van der Waals surface area contributed by atoms with Crippen molar-refractivity contribution in [2.75, 3.05) is 7.05 Å². The van der Waals surface area contributed by atoms with Crippen LogP contribution in [0.2, 0.25) is 0 Å². The second-order valence-corrected chi connectivity index (χ2v) is 6.06. The summed E-state index contributed by atoms with van der Waals surface area (Å²) >= 11 is 6.66. The lowest BCUT2D eigenvalue weighted by atomic mass is 10.1. The van der Waals surface area contributed by atoms with Crippen molar-refractivity contribution in [2.24, 2.45) is 0 Å². The summed E-state index contributed by atoms with van der Waals surface area (Å²) in [6, 6.07) is 12.1. The number of rotatable bonds is 3. The zero-order chi connectivity index (χ0) is 14.7. The Morgan fingerprint density at radius 1 is 1.10 bits per heavy atom. The van der Waals surface area contributed by atoms with Gasteiger partial charge in [-0.05, 0) is 39.7 Å². The van der Waals surface area contributed by atoms with Crippen molar-refractivity contribution in [2.45, 2.75) is 6.54 Å². The fraction of sp³-hybridized carbons (Fsp3) is 0.133. The molecule has 0 radical (unpaired) electrons. The van der Waals surface area contributed by atoms with E-state index in [2.05, 4.69) is 31.9 Å². The van der Waals surface area contributed by atoms with E-state index in [9.17, 15) is 9.18 Å². The molecule has 0 saturated heterocycles. The van der Waals surface area contributed by atoms with Gasteiger partial charge in [0.2, 0.25) is 0 Å². The highest BCUT2D eigenvalue weighted by atomic mass is 79.9. The van der Waals surface area contributed by atoms with Crippen molar-refractivity contribution in [3.05, 3.63) is 68.4 Å². The van der Waals surface area contributed by atoms with Crippen LogP contribution in [0.15, 0.2) is 51.4 Å². The predicted molar refractivity (Wildman–Crippen MR) is 84.0 cm³/mol. The standard InChI is InChI=1S/C15H12Br2FNO/c1-19(9-10-5-2-3-6-11(10)16)15(20)14-12(17)7-4-8-13(14)18/h2-8H,9H2,1H3. The smallest absolute Gasteiger partial charge is 0.258 e. The SMILES string of the molecule is CN(Cc1ccccc1Br)C(=O)c1c(F)cccc1Br. The summed E-state index contributed by atoms with van der Waals surface area (Å²) in [7, 11) is 1.65. The first-order valence-corrected chi connectivity index (χ1v) is 7.52. The predicted octanol–water partition coefficient (Wildman–Crippen LogP) is 4.62. The van der Waals surface area contributed by atoms with Crippen LogP contribution in [0, 0.1) is 5.82 Å². The van der Waals surface area contributed by atoms with Crippen LogP contribution in [-0.4, -0.2) is 17.9 Å². The molecule has 5 heteroatoms. The van der Waals surface area contributed by atoms with Crippen LogP contribution >= 0.6 is 31.9 Å². The van der Waals surface area contributed by atoms with Gasteiger partial charge in [0.15, 0.2) is 0 Å². The van der Waals surface area contributed by atoms with Gasteiger partial charge in [-0.25, -0.2) is 4.39 Å². The van der Waals surface area contributed by atoms with Crippen molar-refractivity contribution < 1.29 is 9.18 Å². The Labute approximate surface area is 133 Å². The Hall–Kier alpha value is -1.20. The number of nitrogens with zero attached hydrogens (tertiary/aromatic N) is 1. The molecular formula is C15H12Br2FNO. The van der Waals surface area contributed by atoms with Crippen molar-refractivity contribution in [1.82, 2.24) is 4.90 Å². The van der Waals surface area contributed by atoms with E-state index in [1.165, 1.54) is 11.0 Å². The first kappa shape index (κ1) is 15.2. The highest BCUT2D eigenvalue weighted by molar-refractivity contribution is 9.10. The number of halogens is 3. The maximum absolute atomic E-state index is 13.8. The molecule has 0 aliphatic carbocycles. The van der Waals surface area contributed by atoms with E-state index < -0.39 is 5.82 Å². The highest BCUT2D eigenvalue weighted by Crippen LogP contribution is 2.23. The second-order valence-electron chi connectivity index (χ2n) is 4.35. The average molecular weight is 401 g/mol. The number of hydrogen-bond donors (Lipinski definition) is 0. The molecule has 0 aliphatic rings. The third-order valence-electron chi connectivity index (χ3n) is 2.89. The molecule has 2 rings (SSSR count). The quantitative estimate of drug-likeness (QED) is 0.735. The lowest BCUT2D eigenvalue weighted by Crippen LogP contribution is -2.27. The summed E-state index contributed by atoms with van der Waals surface area (Å²) in [4.78, 5) is 13.8. The van der Waals surface area contributed by atoms with Crippen LogP contribution in [0.5, 0.6) is 0 Å². The number of hydrogen-bond acceptors (Lipinski definition) is 1. The fourth-order valence-electron chi connectivity index (χ4n) is 1.85. The van der Waals surface area contributed by atoms with E-state index in [0.29, 0.717) is 11.0 Å². The van der Waals surface area contributed by atoms with Crippen molar-refractivity contribution in [3.8, 4) is 0 Å². The monoisotopic (exact) mass is 399 g/mol. The van der Waals surface area contributed by atoms with E-state index in [4.69, 9.17) is 0 Å². The minimum atomic E-state index is -0.525. The normalized spacial score (nSPS) is 10.4. The molecule has 1 amide bonds. The summed E-state index contributed by atoms with van der Waals surface area (Å²) < 4.78 is 15.2. The minimum Gasteiger partial charge on any atom is -0.337 e. The van der Waals surface area contributed by atoms with E-state index >= 15 is 0 Å². The average Bonchev–Trinajstić information content (AvgIpc) is 2.41. The number of benzene rings is 2. The van der Waals surface area contributed by atoms with Crippen LogP contribution in [0.3, 0.4) is 0 Å². The van der Waals surface area contributed by atoms with Gasteiger partial charge in [0, 0.05) is 22.5 Å². The van der Waals surface area contributed by atoms with E-state index in [0.717, 1.165) is 10.0 Å². The molecule has 0 fully saturated rings. The molecular weight excluding hydrogens is 389 g/mol. The van der Waals surface area contributed by atoms with Gasteiger partial charge in [-0.15, -0.1) is 0 Å². The van der Waals surface area contributed by atoms with Gasteiger partial charge in [-0.1, -0.05) is 40.2 Å². The molecule has 2 nitrogen and oxygen atoms in total. The summed E-state index contributed by atoms with van der Waals surface area (Å²) in [5, 5.41) is 0. The number of amides is 1. The van der Waals surface area contributed by atoms with Gasteiger partial charge in [-0.2, -0.15) is 0 Å². The summed E-state index contributed by atoms with van der Waals surface area (Å²) in [6.07, 6.45) is 0. The fourth-order valence-corrected chi connectivity index (χ4v) is 2.77. The lowest BCUT2D eigenvalue weighted by molar-refractivity contribution is 0.0779. The first-order chi connectivity index (χ1) is 9.50. The second kappa shape index (κ2) is 6.50. The Kier molecular flexibility index (Phi) is 4.94. The topological polar surface area (TPSA) is 20.3 Å². The molecule has 2 aromatic rings. The van der Waals surface area contributed by atoms with Crippen LogP contribution in [0.25, 0.3) is 0 Å². The molecule has 0 heterocycles. The largest absolute Gasteiger partial charge is 0.337 e. The third kappa shape index (κ3) is 3.27. The molecule has 20 heavy (non-hydrogen) atoms. The highest BCUT2D eigenvalue weighted by Gasteiger charge is 2.19. The van der Waals surface area contributed by atoms with Crippen LogP contribution in [0.4, 0.5) is 4.39 Å². The zero-order valence-electron chi connectivity index (χ0n) is 10.7. The van der Waals surface area contributed by atoms with Crippen LogP contribution in [0.1, 0.15) is 15.9 Å². The molecule has 0 aliphatic heterocycles. The number of carbonyl (C=O) groups excluding carboxylic acids is 1. The Morgan fingerprint density at radius 3 is 2.40 bits per heavy atom. The molecule has 0 N–H and O–H groups in total. The lowest BCUT2D eigenvalue weighted by Gasteiger charge is -2.19. The molecule has 0 bridgehead atoms. The van der Waals surface area contributed by atoms with E-state index in [1.54, 1.807) is 19.2 Å². The van der Waals surface area contributed by atoms with Crippen molar-refractivity contribution in [3.63, 3.8) is 0 Å². The first-order valence-electron chi connectivity index (χ1n) is 5.93. The van der Waals surface area contributed by atoms with Gasteiger partial charge in [-0.3, -0.25) is 4.79 Å². The van der Waals surface area contributed by atoms with Gasteiger partial charge in [0.25, 0.3) is 5.91 Å². The minimum absolute atomic E-state index is 0.0575. The van der Waals surface area contributed by atoms with Crippen molar-refractivity contribution in [1.29, 1.82) is 0 Å². The maximum atomic E-state index is 13.8. The molecule has 0 aromatic heterocycles. The van der Waals surface area contributed by atoms with E-state index in [-0.39, 0.29) is 11.5 Å². The van der Waals surface area contributed by atoms with Crippen LogP contribution in [-0.2, 0) is 6.54 Å². The van der Waals surface area contributed by atoms with Gasteiger partial charge in [0.1, 0.15) is 5.82 Å². The van der Waals surface area contributed by atoms with E-state index in [1.807, 2.05) is 24.3 Å². The molecule has 104 valence electrons. The molecule has 2 aromatic carbocycles. The Bertz CT molecular complexity index is 625. The summed E-state index contributed by atoms with van der Waals surface area (Å²) in [5.41, 5.74) is 1.03. The summed E-state index contributed by atoms with van der Waals surface area (Å²) in [6.45, 7) is 0.404. The van der Waals surface area contributed by atoms with Gasteiger partial charge in [0.05, 0.1) is 5.56 Å². The van der Waals surface area contributed by atoms with Crippen LogP contribution < -0.4 is 0 Å². The third-order valence-corrected chi connectivity index (χ3v) is 4.32. The maximum Gasteiger partial charge on any atom is 0.258 e. The number of carbonyl (C=O) groups is 1. The zero-order valence-corrected chi connectivity index (χ0v) is 13.9. The molecule has 0 saturated carbocycles. The van der Waals surface area contributed by atoms with Crippen molar-refractivity contribution >= 4 is 37.8 Å². The Morgan fingerprint density at radius 2 is 1.75 bits per heavy atom. The molecule has 0 atom stereocenters. The van der Waals surface area contributed by atoms with Gasteiger partial charge >= 0.3 is 0 Å². The molecule has 0 spiro atoms. The van der Waals surface area contributed by atoms with Gasteiger partial charge < -0.3 is 4.90 Å². The Balaban J connectivity index is 2.24. The summed E-state index contributed by atoms with van der Waals surface area (Å²) in [5.74, 6) is -0.880.